The number of rotatable bonds is 5. The number of hydrogen-bond acceptors (Lipinski definition) is 4. The van der Waals surface area contributed by atoms with Crippen molar-refractivity contribution in [2.24, 2.45) is 0 Å². The quantitative estimate of drug-likeness (QED) is 0.455. The Labute approximate surface area is 195 Å². The Hall–Kier alpha value is -3.45. The number of halogens is 3. The average Bonchev–Trinajstić information content (AvgIpc) is 2.79. The Morgan fingerprint density at radius 1 is 1.06 bits per heavy atom. The van der Waals surface area contributed by atoms with E-state index in [0.29, 0.717) is 33.6 Å². The summed E-state index contributed by atoms with van der Waals surface area (Å²) < 4.78 is 47.5. The second-order valence-electron chi connectivity index (χ2n) is 8.62. The molecule has 0 bridgehead atoms. The van der Waals surface area contributed by atoms with Crippen LogP contribution in [0.4, 0.5) is 13.2 Å². The van der Waals surface area contributed by atoms with Crippen molar-refractivity contribution in [2.75, 3.05) is 0 Å². The van der Waals surface area contributed by atoms with E-state index in [9.17, 15) is 18.7 Å². The topological polar surface area (TPSA) is 59.4 Å². The summed E-state index contributed by atoms with van der Waals surface area (Å²) >= 11 is 0. The lowest BCUT2D eigenvalue weighted by molar-refractivity contribution is -0.158. The lowest BCUT2D eigenvalue weighted by atomic mass is 9.91. The molecule has 2 aromatic carbocycles. The number of aliphatic hydroxyl groups is 1. The van der Waals surface area contributed by atoms with Gasteiger partial charge in [0.25, 0.3) is 0 Å². The molecule has 7 heteroatoms. The molecule has 1 saturated heterocycles. The van der Waals surface area contributed by atoms with E-state index in [1.54, 1.807) is 30.3 Å². The van der Waals surface area contributed by atoms with Gasteiger partial charge in [-0.2, -0.15) is 0 Å². The van der Waals surface area contributed by atoms with Crippen LogP contribution in [0.5, 0.6) is 0 Å². The van der Waals surface area contributed by atoms with Crippen LogP contribution in [0.25, 0.3) is 28.5 Å². The lowest BCUT2D eigenvalue weighted by Gasteiger charge is -2.25. The molecule has 4 rings (SSSR count). The number of ether oxygens (including phenoxy) is 1. The summed E-state index contributed by atoms with van der Waals surface area (Å²) in [5.41, 5.74) is 3.48. The number of cyclic esters (lactones) is 1. The maximum Gasteiger partial charge on any atom is 0.309 e. The molecule has 0 amide bonds. The monoisotopic (exact) mass is 467 g/mol. The number of benzene rings is 2. The van der Waals surface area contributed by atoms with Crippen LogP contribution < -0.4 is 0 Å². The van der Waals surface area contributed by atoms with E-state index in [1.165, 1.54) is 30.3 Å². The highest BCUT2D eigenvalue weighted by atomic mass is 19.1. The van der Waals surface area contributed by atoms with Gasteiger partial charge >= 0.3 is 5.97 Å². The summed E-state index contributed by atoms with van der Waals surface area (Å²) in [6.45, 7) is 3.82. The smallest absolute Gasteiger partial charge is 0.309 e. The van der Waals surface area contributed by atoms with Crippen LogP contribution in [0, 0.1) is 11.6 Å². The van der Waals surface area contributed by atoms with Crippen molar-refractivity contribution in [1.29, 1.82) is 0 Å². The third-order valence-electron chi connectivity index (χ3n) is 5.68. The molecule has 2 atom stereocenters. The van der Waals surface area contributed by atoms with Gasteiger partial charge in [0.15, 0.2) is 6.10 Å². The summed E-state index contributed by atoms with van der Waals surface area (Å²) in [6, 6.07) is 13.4. The maximum absolute atomic E-state index is 15.3. The molecule has 2 heterocycles. The summed E-state index contributed by atoms with van der Waals surface area (Å²) in [6.07, 6.45) is -1.13. The predicted octanol–water partition coefficient (Wildman–Crippen LogP) is 6.19. The number of esters is 1. The number of pyridine rings is 1. The van der Waals surface area contributed by atoms with Crippen molar-refractivity contribution in [2.45, 2.75) is 44.8 Å². The van der Waals surface area contributed by atoms with Gasteiger partial charge in [0.05, 0.1) is 23.9 Å². The first-order chi connectivity index (χ1) is 16.2. The van der Waals surface area contributed by atoms with Crippen LogP contribution in [-0.2, 0) is 9.53 Å². The van der Waals surface area contributed by atoms with Gasteiger partial charge in [-0.25, -0.2) is 13.2 Å². The normalized spacial score (nSPS) is 18.8. The number of carbonyl (C=O) groups is 1. The molecule has 0 aliphatic carbocycles. The van der Waals surface area contributed by atoms with Gasteiger partial charge in [-0.05, 0) is 65.6 Å². The molecule has 0 unspecified atom stereocenters. The minimum Gasteiger partial charge on any atom is -0.455 e. The van der Waals surface area contributed by atoms with Crippen molar-refractivity contribution in [3.05, 3.63) is 83.3 Å². The van der Waals surface area contributed by atoms with Crippen LogP contribution in [0.1, 0.15) is 43.9 Å². The Balaban J connectivity index is 1.90. The van der Waals surface area contributed by atoms with Crippen molar-refractivity contribution in [1.82, 2.24) is 4.98 Å². The van der Waals surface area contributed by atoms with E-state index in [1.807, 2.05) is 13.8 Å². The van der Waals surface area contributed by atoms with Gasteiger partial charge in [0, 0.05) is 17.5 Å². The van der Waals surface area contributed by atoms with Crippen molar-refractivity contribution in [3.8, 4) is 22.4 Å². The van der Waals surface area contributed by atoms with E-state index in [2.05, 4.69) is 0 Å². The summed E-state index contributed by atoms with van der Waals surface area (Å²) in [4.78, 5) is 16.5. The van der Waals surface area contributed by atoms with E-state index in [4.69, 9.17) is 9.72 Å². The summed E-state index contributed by atoms with van der Waals surface area (Å²) in [5, 5.41) is 9.88. The first-order valence-electron chi connectivity index (χ1n) is 11.0. The van der Waals surface area contributed by atoms with Gasteiger partial charge in [0.2, 0.25) is 0 Å². The zero-order chi connectivity index (χ0) is 24.4. The highest BCUT2D eigenvalue weighted by molar-refractivity contribution is 5.81. The summed E-state index contributed by atoms with van der Waals surface area (Å²) in [7, 11) is 0. The minimum absolute atomic E-state index is 0.0436. The molecule has 1 fully saturated rings. The molecular weight excluding hydrogens is 443 g/mol. The highest BCUT2D eigenvalue weighted by Crippen LogP contribution is 2.36. The fraction of sp³-hybridized carbons (Fsp3) is 0.259. The highest BCUT2D eigenvalue weighted by Gasteiger charge is 2.31. The van der Waals surface area contributed by atoms with Crippen LogP contribution in [0.2, 0.25) is 0 Å². The molecule has 4 nitrogen and oxygen atoms in total. The van der Waals surface area contributed by atoms with Crippen LogP contribution in [0.15, 0.2) is 60.4 Å². The molecule has 34 heavy (non-hydrogen) atoms. The zero-order valence-corrected chi connectivity index (χ0v) is 18.8. The molecule has 0 saturated carbocycles. The van der Waals surface area contributed by atoms with Crippen LogP contribution >= 0.6 is 0 Å². The Bertz CT molecular complexity index is 1220. The number of hydrogen-bond donors (Lipinski definition) is 1. The molecule has 1 aliphatic heterocycles. The largest absolute Gasteiger partial charge is 0.455 e. The second kappa shape index (κ2) is 9.81. The number of aliphatic hydroxyl groups excluding tert-OH is 1. The number of nitrogens with zero attached hydrogens (tertiary/aromatic N) is 1. The Morgan fingerprint density at radius 2 is 1.65 bits per heavy atom. The lowest BCUT2D eigenvalue weighted by Crippen LogP contribution is -2.32. The molecule has 0 spiro atoms. The second-order valence-corrected chi connectivity index (χ2v) is 8.62. The van der Waals surface area contributed by atoms with E-state index < -0.39 is 29.8 Å². The van der Waals surface area contributed by atoms with E-state index in [-0.39, 0.29) is 24.6 Å². The van der Waals surface area contributed by atoms with Gasteiger partial charge < -0.3 is 9.84 Å². The Kier molecular flexibility index (Phi) is 6.84. The Morgan fingerprint density at radius 3 is 2.21 bits per heavy atom. The van der Waals surface area contributed by atoms with E-state index in [0.717, 1.165) is 0 Å². The van der Waals surface area contributed by atoms with Gasteiger partial charge in [-0.1, -0.05) is 26.0 Å². The molecule has 1 aliphatic rings. The SMILES string of the molecule is CC(C)c1nc(-c2ccc(F)cc2)cc(-c2ccc(F)cc2)c1/C=C(\F)[C@@H]1C[C@@H](O)CC(=O)O1. The first kappa shape index (κ1) is 23.7. The van der Waals surface area contributed by atoms with Crippen molar-refractivity contribution < 1.29 is 27.8 Å². The summed E-state index contributed by atoms with van der Waals surface area (Å²) in [5.74, 6) is -2.30. The fourth-order valence-corrected chi connectivity index (χ4v) is 3.98. The standard InChI is InChI=1S/C27H24F3NO3/c1-15(2)27-22(13-23(30)25-11-20(32)12-26(33)34-25)21(16-3-7-18(28)8-4-16)14-24(31-27)17-5-9-19(29)10-6-17/h3-10,13-15,20,25,32H,11-12H2,1-2H3/b23-13-/t20-,25+/m1/s1. The number of carbonyl (C=O) groups excluding carboxylic acids is 1. The van der Waals surface area contributed by atoms with Gasteiger partial charge in [0.1, 0.15) is 17.5 Å². The molecular formula is C27H24F3NO3. The van der Waals surface area contributed by atoms with Crippen LogP contribution in [-0.4, -0.2) is 28.3 Å². The average molecular weight is 467 g/mol. The van der Waals surface area contributed by atoms with E-state index >= 15 is 4.39 Å². The minimum atomic E-state index is -1.20. The molecule has 1 aromatic heterocycles. The third-order valence-corrected chi connectivity index (χ3v) is 5.68. The third kappa shape index (κ3) is 5.20. The van der Waals surface area contributed by atoms with Crippen molar-refractivity contribution >= 4 is 12.0 Å². The first-order valence-corrected chi connectivity index (χ1v) is 11.0. The van der Waals surface area contributed by atoms with Crippen molar-refractivity contribution in [3.63, 3.8) is 0 Å². The number of aromatic nitrogens is 1. The molecule has 1 N–H and O–H groups in total. The van der Waals surface area contributed by atoms with Gasteiger partial charge in [-0.15, -0.1) is 0 Å². The van der Waals surface area contributed by atoms with Gasteiger partial charge in [-0.3, -0.25) is 9.78 Å². The molecule has 0 radical (unpaired) electrons. The molecule has 3 aromatic rings. The van der Waals surface area contributed by atoms with Crippen LogP contribution in [0.3, 0.4) is 0 Å². The predicted molar refractivity (Wildman–Crippen MR) is 123 cm³/mol. The molecule has 176 valence electrons. The maximum atomic E-state index is 15.3. The zero-order valence-electron chi connectivity index (χ0n) is 18.8. The fourth-order valence-electron chi connectivity index (χ4n) is 3.98.